The Bertz CT molecular complexity index is 883. The molecular weight excluding hydrogens is 372 g/mol. The fourth-order valence-corrected chi connectivity index (χ4v) is 3.45. The summed E-state index contributed by atoms with van der Waals surface area (Å²) in [5.41, 5.74) is 1.65. The maximum absolute atomic E-state index is 12.6. The second-order valence-corrected chi connectivity index (χ2v) is 6.87. The Morgan fingerprint density at radius 1 is 1.03 bits per heavy atom. The molecule has 0 unspecified atom stereocenters. The minimum atomic E-state index is -0.377. The minimum absolute atomic E-state index is 0.00865. The summed E-state index contributed by atoms with van der Waals surface area (Å²) in [6.07, 6.45) is 0.889. The van der Waals surface area contributed by atoms with E-state index in [4.69, 9.17) is 14.2 Å². The van der Waals surface area contributed by atoms with Crippen LogP contribution in [-0.2, 0) is 16.0 Å². The molecule has 1 aliphatic rings. The minimum Gasteiger partial charge on any atom is -0.495 e. The lowest BCUT2D eigenvalue weighted by atomic mass is 10.1. The number of hydrogen-bond donors (Lipinski definition) is 1. The summed E-state index contributed by atoms with van der Waals surface area (Å²) in [5.74, 6) is 1.36. The smallest absolute Gasteiger partial charge is 0.229 e. The molecule has 1 aliphatic heterocycles. The normalized spacial score (nSPS) is 15.9. The average Bonchev–Trinajstić information content (AvgIpc) is 3.13. The first-order valence-electron chi connectivity index (χ1n) is 9.48. The van der Waals surface area contributed by atoms with Crippen LogP contribution in [0.1, 0.15) is 12.0 Å². The van der Waals surface area contributed by atoms with Gasteiger partial charge in [-0.2, -0.15) is 0 Å². The number of ether oxygens (including phenoxy) is 3. The lowest BCUT2D eigenvalue weighted by molar-refractivity contribution is -0.128. The number of methoxy groups -OCH3 is 3. The number of para-hydroxylation sites is 2. The van der Waals surface area contributed by atoms with Crippen LogP contribution >= 0.6 is 0 Å². The van der Waals surface area contributed by atoms with E-state index in [1.165, 1.54) is 0 Å². The van der Waals surface area contributed by atoms with Gasteiger partial charge < -0.3 is 24.4 Å². The number of anilines is 1. The van der Waals surface area contributed by atoms with Crippen molar-refractivity contribution >= 4 is 17.5 Å². The Morgan fingerprint density at radius 3 is 2.48 bits per heavy atom. The Balaban J connectivity index is 1.58. The van der Waals surface area contributed by atoms with Crippen LogP contribution in [0.5, 0.6) is 17.2 Å². The third kappa shape index (κ3) is 4.80. The van der Waals surface area contributed by atoms with Gasteiger partial charge in [-0.05, 0) is 36.2 Å². The molecule has 0 aliphatic carbocycles. The van der Waals surface area contributed by atoms with Gasteiger partial charge in [-0.3, -0.25) is 9.59 Å². The van der Waals surface area contributed by atoms with Gasteiger partial charge >= 0.3 is 0 Å². The van der Waals surface area contributed by atoms with Gasteiger partial charge in [0, 0.05) is 19.5 Å². The highest BCUT2D eigenvalue weighted by atomic mass is 16.5. The number of likely N-dealkylation sites (tertiary alicyclic amines) is 1. The highest BCUT2D eigenvalue weighted by molar-refractivity contribution is 5.98. The van der Waals surface area contributed by atoms with Gasteiger partial charge in [0.15, 0.2) is 11.5 Å². The molecule has 1 heterocycles. The van der Waals surface area contributed by atoms with Crippen molar-refractivity contribution in [3.8, 4) is 17.2 Å². The van der Waals surface area contributed by atoms with Crippen molar-refractivity contribution in [1.29, 1.82) is 0 Å². The second-order valence-electron chi connectivity index (χ2n) is 6.87. The lowest BCUT2D eigenvalue weighted by Crippen LogP contribution is -2.30. The van der Waals surface area contributed by atoms with Crippen molar-refractivity contribution in [2.24, 2.45) is 5.92 Å². The average molecular weight is 398 g/mol. The molecule has 0 bridgehead atoms. The Morgan fingerprint density at radius 2 is 1.76 bits per heavy atom. The van der Waals surface area contributed by atoms with E-state index in [2.05, 4.69) is 5.32 Å². The van der Waals surface area contributed by atoms with Gasteiger partial charge in [-0.25, -0.2) is 0 Å². The summed E-state index contributed by atoms with van der Waals surface area (Å²) in [7, 11) is 4.74. The summed E-state index contributed by atoms with van der Waals surface area (Å²) < 4.78 is 15.8. The predicted octanol–water partition coefficient (Wildman–Crippen LogP) is 2.74. The van der Waals surface area contributed by atoms with Gasteiger partial charge in [0.25, 0.3) is 0 Å². The number of rotatable bonds is 8. The van der Waals surface area contributed by atoms with E-state index in [1.54, 1.807) is 38.4 Å². The third-order valence-electron chi connectivity index (χ3n) is 5.07. The van der Waals surface area contributed by atoms with E-state index in [0.717, 1.165) is 5.56 Å². The molecule has 1 fully saturated rings. The van der Waals surface area contributed by atoms with Crippen LogP contribution in [0.25, 0.3) is 0 Å². The van der Waals surface area contributed by atoms with E-state index in [0.29, 0.717) is 42.4 Å². The number of nitrogens with zero attached hydrogens (tertiary/aromatic N) is 1. The monoisotopic (exact) mass is 398 g/mol. The topological polar surface area (TPSA) is 77.1 Å². The Labute approximate surface area is 170 Å². The molecule has 7 heteroatoms. The van der Waals surface area contributed by atoms with Crippen molar-refractivity contribution in [2.45, 2.75) is 12.8 Å². The quantitative estimate of drug-likeness (QED) is 0.740. The van der Waals surface area contributed by atoms with E-state index in [9.17, 15) is 9.59 Å². The van der Waals surface area contributed by atoms with Crippen LogP contribution in [0, 0.1) is 5.92 Å². The molecule has 7 nitrogen and oxygen atoms in total. The van der Waals surface area contributed by atoms with Gasteiger partial charge in [0.1, 0.15) is 5.75 Å². The van der Waals surface area contributed by atoms with Gasteiger partial charge in [0.2, 0.25) is 11.8 Å². The number of carbonyl (C=O) groups is 2. The molecule has 1 saturated heterocycles. The second kappa shape index (κ2) is 9.32. The number of amides is 2. The zero-order valence-electron chi connectivity index (χ0n) is 16.9. The summed E-state index contributed by atoms with van der Waals surface area (Å²) in [5, 5.41) is 2.87. The summed E-state index contributed by atoms with van der Waals surface area (Å²) >= 11 is 0. The molecule has 0 saturated carbocycles. The van der Waals surface area contributed by atoms with Gasteiger partial charge in [-0.15, -0.1) is 0 Å². The van der Waals surface area contributed by atoms with Crippen LogP contribution < -0.4 is 19.5 Å². The van der Waals surface area contributed by atoms with Crippen molar-refractivity contribution in [2.75, 3.05) is 39.7 Å². The van der Waals surface area contributed by atoms with Crippen LogP contribution in [-0.4, -0.2) is 51.1 Å². The highest BCUT2D eigenvalue weighted by Gasteiger charge is 2.34. The zero-order chi connectivity index (χ0) is 20.8. The molecule has 154 valence electrons. The van der Waals surface area contributed by atoms with Gasteiger partial charge in [0.05, 0.1) is 32.9 Å². The summed E-state index contributed by atoms with van der Waals surface area (Å²) in [6, 6.07) is 12.9. The van der Waals surface area contributed by atoms with E-state index in [-0.39, 0.29) is 24.2 Å². The number of nitrogens with one attached hydrogen (secondary N) is 1. The number of benzene rings is 2. The van der Waals surface area contributed by atoms with Crippen molar-refractivity contribution in [3.63, 3.8) is 0 Å². The maximum Gasteiger partial charge on any atom is 0.229 e. The lowest BCUT2D eigenvalue weighted by Gasteiger charge is -2.17. The van der Waals surface area contributed by atoms with E-state index < -0.39 is 0 Å². The summed E-state index contributed by atoms with van der Waals surface area (Å²) in [4.78, 5) is 26.8. The SMILES string of the molecule is COc1ccccc1NC(=O)[C@H]1CC(=O)N(CCc2ccc(OC)c(OC)c2)C1. The molecule has 2 aromatic rings. The van der Waals surface area contributed by atoms with Gasteiger partial charge in [-0.1, -0.05) is 18.2 Å². The van der Waals surface area contributed by atoms with Crippen molar-refractivity contribution in [3.05, 3.63) is 48.0 Å². The van der Waals surface area contributed by atoms with Crippen molar-refractivity contribution < 1.29 is 23.8 Å². The summed E-state index contributed by atoms with van der Waals surface area (Å²) in [6.45, 7) is 0.958. The number of hydrogen-bond acceptors (Lipinski definition) is 5. The maximum atomic E-state index is 12.6. The third-order valence-corrected chi connectivity index (χ3v) is 5.07. The molecule has 0 aromatic heterocycles. The van der Waals surface area contributed by atoms with Crippen LogP contribution in [0.15, 0.2) is 42.5 Å². The molecule has 0 spiro atoms. The first-order valence-corrected chi connectivity index (χ1v) is 9.48. The molecule has 1 atom stereocenters. The predicted molar refractivity (Wildman–Crippen MR) is 110 cm³/mol. The van der Waals surface area contributed by atoms with Crippen LogP contribution in [0.2, 0.25) is 0 Å². The van der Waals surface area contributed by atoms with E-state index >= 15 is 0 Å². The molecule has 2 aromatic carbocycles. The first kappa shape index (κ1) is 20.5. The van der Waals surface area contributed by atoms with Crippen molar-refractivity contribution in [1.82, 2.24) is 4.90 Å². The molecule has 29 heavy (non-hydrogen) atoms. The fourth-order valence-electron chi connectivity index (χ4n) is 3.45. The molecule has 0 radical (unpaired) electrons. The number of carbonyl (C=O) groups excluding carboxylic acids is 2. The van der Waals surface area contributed by atoms with E-state index in [1.807, 2.05) is 30.3 Å². The zero-order valence-corrected chi connectivity index (χ0v) is 16.9. The molecular formula is C22H26N2O5. The fraction of sp³-hybridized carbons (Fsp3) is 0.364. The highest BCUT2D eigenvalue weighted by Crippen LogP contribution is 2.29. The van der Waals surface area contributed by atoms with Crippen LogP contribution in [0.4, 0.5) is 5.69 Å². The Hall–Kier alpha value is -3.22. The Kier molecular flexibility index (Phi) is 6.59. The molecule has 3 rings (SSSR count). The largest absolute Gasteiger partial charge is 0.495 e. The first-order chi connectivity index (χ1) is 14.0. The standard InChI is InChI=1S/C22H26N2O5/c1-27-18-7-5-4-6-17(18)23-22(26)16-13-21(25)24(14-16)11-10-15-8-9-19(28-2)20(12-15)29-3/h4-9,12,16H,10-11,13-14H2,1-3H3,(H,23,26)/t16-/m0/s1. The molecule has 2 amide bonds. The van der Waals surface area contributed by atoms with Crippen LogP contribution in [0.3, 0.4) is 0 Å². The molecule has 1 N–H and O–H groups in total.